The number of fused-ring (bicyclic) bond motifs is 2. The molecular formula is C28H38O6S3. The molecule has 2 aliphatic heterocycles. The Bertz CT molecular complexity index is 838. The minimum Gasteiger partial charge on any atom is -0.393 e. The van der Waals surface area contributed by atoms with Crippen LogP contribution >= 0.6 is 35.3 Å². The van der Waals surface area contributed by atoms with Crippen LogP contribution in [0.2, 0.25) is 0 Å². The summed E-state index contributed by atoms with van der Waals surface area (Å²) >= 11 is 6.42. The van der Waals surface area contributed by atoms with Crippen LogP contribution in [0.3, 0.4) is 0 Å². The number of carbonyl (C=O) groups excluding carboxylic acids is 4. The lowest BCUT2D eigenvalue weighted by Gasteiger charge is -2.36. The van der Waals surface area contributed by atoms with Crippen LogP contribution in [0.4, 0.5) is 0 Å². The monoisotopic (exact) mass is 566 g/mol. The molecule has 0 aromatic rings. The van der Waals surface area contributed by atoms with Gasteiger partial charge in [-0.1, -0.05) is 0 Å². The van der Waals surface area contributed by atoms with Gasteiger partial charge in [-0.3, -0.25) is 19.2 Å². The summed E-state index contributed by atoms with van der Waals surface area (Å²) in [6.07, 6.45) is 15.6. The van der Waals surface area contributed by atoms with Crippen molar-refractivity contribution < 1.29 is 28.7 Å². The van der Waals surface area contributed by atoms with Crippen molar-refractivity contribution in [1.29, 1.82) is 0 Å². The third-order valence-corrected chi connectivity index (χ3v) is 14.7. The van der Waals surface area contributed by atoms with Crippen molar-refractivity contribution in [3.05, 3.63) is 0 Å². The van der Waals surface area contributed by atoms with E-state index in [0.29, 0.717) is 21.0 Å². The summed E-state index contributed by atoms with van der Waals surface area (Å²) in [6.45, 7) is 0. The molecule has 0 N–H and O–H groups in total. The molecule has 6 fully saturated rings. The summed E-state index contributed by atoms with van der Waals surface area (Å²) in [5, 5.41) is 3.95. The summed E-state index contributed by atoms with van der Waals surface area (Å²) < 4.78 is 9.76. The van der Waals surface area contributed by atoms with Gasteiger partial charge in [0.2, 0.25) is 0 Å². The van der Waals surface area contributed by atoms with Crippen LogP contribution in [0.5, 0.6) is 0 Å². The number of cyclic esters (lactones) is 4. The van der Waals surface area contributed by atoms with Crippen LogP contribution in [0, 0.1) is 23.7 Å². The molecule has 0 radical (unpaired) electrons. The maximum absolute atomic E-state index is 12.0. The van der Waals surface area contributed by atoms with E-state index < -0.39 is 0 Å². The first-order valence-electron chi connectivity index (χ1n) is 14.4. The van der Waals surface area contributed by atoms with Gasteiger partial charge in [0.1, 0.15) is 0 Å². The van der Waals surface area contributed by atoms with Gasteiger partial charge in [-0.2, -0.15) is 35.3 Å². The Morgan fingerprint density at radius 3 is 1.00 bits per heavy atom. The minimum atomic E-state index is -0.288. The second-order valence-electron chi connectivity index (χ2n) is 12.0. The van der Waals surface area contributed by atoms with Gasteiger partial charge >= 0.3 is 23.9 Å². The fourth-order valence-electron chi connectivity index (χ4n) is 7.52. The summed E-state index contributed by atoms with van der Waals surface area (Å²) in [4.78, 5) is 47.6. The molecule has 0 amide bonds. The average molecular weight is 567 g/mol. The number of carbonyl (C=O) groups is 4. The molecule has 4 saturated carbocycles. The maximum Gasteiger partial charge on any atom is 0.317 e. The van der Waals surface area contributed by atoms with E-state index >= 15 is 0 Å². The smallest absolute Gasteiger partial charge is 0.317 e. The minimum absolute atomic E-state index is 0.170. The van der Waals surface area contributed by atoms with E-state index in [2.05, 4.69) is 35.3 Å². The molecule has 0 aromatic carbocycles. The molecule has 0 aromatic heterocycles. The van der Waals surface area contributed by atoms with Crippen molar-refractivity contribution in [3.8, 4) is 0 Å². The third-order valence-electron chi connectivity index (χ3n) is 9.61. The van der Waals surface area contributed by atoms with Crippen molar-refractivity contribution in [2.75, 3.05) is 0 Å². The zero-order chi connectivity index (χ0) is 25.5. The molecule has 6 atom stereocenters. The Kier molecular flexibility index (Phi) is 8.21. The van der Waals surface area contributed by atoms with Crippen LogP contribution in [-0.2, 0) is 28.7 Å². The van der Waals surface area contributed by atoms with Gasteiger partial charge in [-0.25, -0.2) is 0 Å². The van der Waals surface area contributed by atoms with Crippen molar-refractivity contribution >= 4 is 59.2 Å². The predicted molar refractivity (Wildman–Crippen MR) is 146 cm³/mol. The zero-order valence-corrected chi connectivity index (χ0v) is 23.8. The fourth-order valence-corrected chi connectivity index (χ4v) is 12.5. The highest BCUT2D eigenvalue weighted by Gasteiger charge is 2.49. The lowest BCUT2D eigenvalue weighted by atomic mass is 9.81. The molecular weight excluding hydrogens is 529 g/mol. The second kappa shape index (κ2) is 11.4. The van der Waals surface area contributed by atoms with E-state index in [1.165, 1.54) is 51.4 Å². The fraction of sp³-hybridized carbons (Fsp3) is 0.857. The van der Waals surface area contributed by atoms with Gasteiger partial charge in [-0.15, -0.1) is 0 Å². The zero-order valence-electron chi connectivity index (χ0n) is 21.3. The highest BCUT2D eigenvalue weighted by Crippen LogP contribution is 2.48. The van der Waals surface area contributed by atoms with Crippen molar-refractivity contribution in [2.24, 2.45) is 23.7 Å². The van der Waals surface area contributed by atoms with Gasteiger partial charge in [0, 0.05) is 31.5 Å². The van der Waals surface area contributed by atoms with Crippen LogP contribution in [-0.4, -0.2) is 55.4 Å². The molecule has 37 heavy (non-hydrogen) atoms. The van der Waals surface area contributed by atoms with Crippen molar-refractivity contribution in [2.45, 2.75) is 121 Å². The van der Waals surface area contributed by atoms with Crippen LogP contribution in [0.15, 0.2) is 0 Å². The van der Waals surface area contributed by atoms with Crippen LogP contribution in [0.25, 0.3) is 0 Å². The molecule has 6 unspecified atom stereocenters. The highest BCUT2D eigenvalue weighted by atomic mass is 32.2. The Hall–Kier alpha value is -0.670. The summed E-state index contributed by atoms with van der Waals surface area (Å²) in [5.41, 5.74) is 0. The lowest BCUT2D eigenvalue weighted by molar-refractivity contribution is -0.155. The number of hydrogen-bond acceptors (Lipinski definition) is 9. The Morgan fingerprint density at radius 2 is 0.649 bits per heavy atom. The van der Waals surface area contributed by atoms with E-state index in [1.807, 2.05) is 0 Å². The quantitative estimate of drug-likeness (QED) is 0.304. The molecule has 204 valence electrons. The summed E-state index contributed by atoms with van der Waals surface area (Å²) in [6, 6.07) is 0. The molecule has 6 aliphatic rings. The van der Waals surface area contributed by atoms with Gasteiger partial charge < -0.3 is 9.47 Å². The number of ether oxygens (including phenoxy) is 2. The van der Waals surface area contributed by atoms with E-state index in [4.69, 9.17) is 9.47 Å². The normalized spacial score (nSPS) is 44.2. The van der Waals surface area contributed by atoms with Crippen LogP contribution in [0.1, 0.15) is 89.9 Å². The van der Waals surface area contributed by atoms with Crippen molar-refractivity contribution in [1.82, 2.24) is 0 Å². The molecule has 9 heteroatoms. The molecule has 2 heterocycles. The summed E-state index contributed by atoms with van der Waals surface area (Å²) in [5.74, 6) is -1.84. The van der Waals surface area contributed by atoms with Crippen molar-refractivity contribution in [3.63, 3.8) is 0 Å². The average Bonchev–Trinajstić information content (AvgIpc) is 3.34. The number of hydrogen-bond donors (Lipinski definition) is 0. The van der Waals surface area contributed by atoms with E-state index in [9.17, 15) is 19.2 Å². The Labute approximate surface area is 232 Å². The topological polar surface area (TPSA) is 86.7 Å². The molecule has 2 saturated heterocycles. The predicted octanol–water partition coefficient (Wildman–Crippen LogP) is 5.55. The first-order valence-corrected chi connectivity index (χ1v) is 17.2. The largest absolute Gasteiger partial charge is 0.393 e. The van der Waals surface area contributed by atoms with Gasteiger partial charge in [0.05, 0.1) is 23.7 Å². The first-order chi connectivity index (χ1) is 17.9. The standard InChI is InChI=1S/C28H38O6S3/c29-25-21-11-9-19(13-23(21)27(31)33-25)36-17-5-1-15(2-6-17)35-16-3-7-18(8-4-16)37-20-10-12-22-24(14-20)28(32)34-26(22)30/h15-24H,1-14H2. The van der Waals surface area contributed by atoms with Gasteiger partial charge in [-0.05, 0) is 89.9 Å². The van der Waals surface area contributed by atoms with Gasteiger partial charge in [0.15, 0.2) is 0 Å². The second-order valence-corrected chi connectivity index (χ2v) is 16.8. The lowest BCUT2D eigenvalue weighted by Crippen LogP contribution is -2.31. The molecule has 0 bridgehead atoms. The molecule has 0 spiro atoms. The van der Waals surface area contributed by atoms with E-state index in [0.717, 1.165) is 49.0 Å². The van der Waals surface area contributed by atoms with E-state index in [1.54, 1.807) is 0 Å². The Morgan fingerprint density at radius 1 is 0.378 bits per heavy atom. The highest BCUT2D eigenvalue weighted by molar-refractivity contribution is 8.01. The number of rotatable bonds is 6. The molecule has 6 rings (SSSR count). The molecule has 4 aliphatic carbocycles. The number of thioether (sulfide) groups is 3. The summed E-state index contributed by atoms with van der Waals surface area (Å²) in [7, 11) is 0. The van der Waals surface area contributed by atoms with Gasteiger partial charge in [0.25, 0.3) is 0 Å². The number of esters is 4. The Balaban J connectivity index is 0.875. The van der Waals surface area contributed by atoms with Crippen LogP contribution < -0.4 is 0 Å². The third kappa shape index (κ3) is 5.93. The molecule has 6 nitrogen and oxygen atoms in total. The SMILES string of the molecule is O=C1OC(=O)C2CC(SC3CCC(SC4CCC(SC5CCC6C(=O)OC(=O)C6C5)CC4)CC3)CCC12. The first kappa shape index (κ1) is 26.5. The van der Waals surface area contributed by atoms with E-state index in [-0.39, 0.29) is 47.5 Å². The maximum atomic E-state index is 12.0.